The minimum absolute atomic E-state index is 0.474. The first-order valence-electron chi connectivity index (χ1n) is 17.5. The zero-order valence-corrected chi connectivity index (χ0v) is 28.9. The van der Waals surface area contributed by atoms with Crippen LogP contribution in [0.3, 0.4) is 0 Å². The Morgan fingerprint density at radius 1 is 0.333 bits per heavy atom. The summed E-state index contributed by atoms with van der Waals surface area (Å²) in [6, 6.07) is 60.1. The molecule has 0 unspecified atom stereocenters. The van der Waals surface area contributed by atoms with Crippen molar-refractivity contribution in [2.45, 2.75) is 0 Å². The lowest BCUT2D eigenvalue weighted by Crippen LogP contribution is -2.02. The fourth-order valence-corrected chi connectivity index (χ4v) is 6.59. The molecule has 0 saturated heterocycles. The van der Waals surface area contributed by atoms with Crippen molar-refractivity contribution >= 4 is 10.8 Å². The first-order valence-corrected chi connectivity index (χ1v) is 17.5. The van der Waals surface area contributed by atoms with Gasteiger partial charge in [-0.2, -0.15) is 5.26 Å². The van der Waals surface area contributed by atoms with Gasteiger partial charge in [0.15, 0.2) is 34.9 Å². The monoisotopic (exact) mass is 691 g/mol. The number of hydrogen-bond acceptors (Lipinski definition) is 7. The van der Waals surface area contributed by atoms with E-state index in [1.165, 1.54) is 0 Å². The molecule has 9 rings (SSSR count). The van der Waals surface area contributed by atoms with Gasteiger partial charge in [-0.25, -0.2) is 29.9 Å². The van der Waals surface area contributed by atoms with Crippen LogP contribution in [-0.4, -0.2) is 29.9 Å². The molecule has 2 aromatic heterocycles. The second kappa shape index (κ2) is 14.1. The molecule has 0 radical (unpaired) electrons. The van der Waals surface area contributed by atoms with Crippen molar-refractivity contribution in [2.75, 3.05) is 0 Å². The van der Waals surface area contributed by atoms with Crippen LogP contribution in [0.1, 0.15) is 5.56 Å². The summed E-state index contributed by atoms with van der Waals surface area (Å²) in [5.74, 6) is 3.29. The maximum Gasteiger partial charge on any atom is 0.164 e. The van der Waals surface area contributed by atoms with Crippen molar-refractivity contribution in [3.63, 3.8) is 0 Å². The second-order valence-electron chi connectivity index (χ2n) is 12.7. The van der Waals surface area contributed by atoms with Gasteiger partial charge < -0.3 is 0 Å². The molecule has 9 aromatic rings. The van der Waals surface area contributed by atoms with E-state index in [-0.39, 0.29) is 0 Å². The summed E-state index contributed by atoms with van der Waals surface area (Å²) in [7, 11) is 0. The van der Waals surface area contributed by atoms with E-state index in [1.54, 1.807) is 0 Å². The zero-order valence-electron chi connectivity index (χ0n) is 28.9. The quantitative estimate of drug-likeness (QED) is 0.164. The third-order valence-electron chi connectivity index (χ3n) is 9.23. The highest BCUT2D eigenvalue weighted by atomic mass is 15.0. The van der Waals surface area contributed by atoms with E-state index in [0.29, 0.717) is 40.5 Å². The molecule has 0 aliphatic rings. The van der Waals surface area contributed by atoms with E-state index < -0.39 is 0 Å². The molecular weight excluding hydrogens is 663 g/mol. The molecule has 0 N–H and O–H groups in total. The van der Waals surface area contributed by atoms with E-state index >= 15 is 0 Å². The van der Waals surface area contributed by atoms with Crippen molar-refractivity contribution in [3.8, 4) is 85.5 Å². The van der Waals surface area contributed by atoms with Gasteiger partial charge >= 0.3 is 0 Å². The van der Waals surface area contributed by atoms with Crippen molar-refractivity contribution in [1.82, 2.24) is 29.9 Å². The number of rotatable bonds is 7. The van der Waals surface area contributed by atoms with Crippen LogP contribution in [0.15, 0.2) is 176 Å². The Labute approximate surface area is 312 Å². The minimum atomic E-state index is 0.474. The lowest BCUT2D eigenvalue weighted by molar-refractivity contribution is 1.07. The van der Waals surface area contributed by atoms with Crippen molar-refractivity contribution in [2.24, 2.45) is 0 Å². The maximum atomic E-state index is 10.8. The molecule has 0 atom stereocenters. The number of benzene rings is 7. The first kappa shape index (κ1) is 32.2. The van der Waals surface area contributed by atoms with Gasteiger partial charge in [-0.15, -0.1) is 0 Å². The van der Waals surface area contributed by atoms with Crippen LogP contribution in [0.25, 0.3) is 90.2 Å². The van der Waals surface area contributed by atoms with Crippen LogP contribution in [0, 0.1) is 11.3 Å². The predicted molar refractivity (Wildman–Crippen MR) is 213 cm³/mol. The SMILES string of the molecule is N#Cc1c(-c2ccc(-c3nc(-c4ccccc4)nc(-c4ccccc4)n3)cc2)c(-c2nc(-c3ccccc3)nc(-c3ccccc3)n2)cc2ccccc12. The Balaban J connectivity index is 1.23. The lowest BCUT2D eigenvalue weighted by atomic mass is 9.89. The summed E-state index contributed by atoms with van der Waals surface area (Å²) in [6.07, 6.45) is 0. The second-order valence-corrected chi connectivity index (χ2v) is 12.7. The molecular formula is C47H29N7. The van der Waals surface area contributed by atoms with Crippen molar-refractivity contribution < 1.29 is 0 Å². The van der Waals surface area contributed by atoms with Gasteiger partial charge in [-0.3, -0.25) is 0 Å². The van der Waals surface area contributed by atoms with Crippen LogP contribution < -0.4 is 0 Å². The van der Waals surface area contributed by atoms with Crippen LogP contribution in [0.4, 0.5) is 0 Å². The van der Waals surface area contributed by atoms with Crippen molar-refractivity contribution in [3.05, 3.63) is 181 Å². The average molecular weight is 692 g/mol. The van der Waals surface area contributed by atoms with Crippen LogP contribution >= 0.6 is 0 Å². The Bertz CT molecular complexity index is 2690. The van der Waals surface area contributed by atoms with E-state index in [9.17, 15) is 5.26 Å². The van der Waals surface area contributed by atoms with Crippen LogP contribution in [-0.2, 0) is 0 Å². The molecule has 7 aromatic carbocycles. The highest BCUT2D eigenvalue weighted by Gasteiger charge is 2.21. The molecule has 2 heterocycles. The fraction of sp³-hybridized carbons (Fsp3) is 0. The highest BCUT2D eigenvalue weighted by Crippen LogP contribution is 2.40. The molecule has 0 saturated carbocycles. The summed E-state index contributed by atoms with van der Waals surface area (Å²) in [5, 5.41) is 12.6. The molecule has 7 heteroatoms. The predicted octanol–water partition coefficient (Wildman–Crippen LogP) is 10.8. The number of nitriles is 1. The van der Waals surface area contributed by atoms with Gasteiger partial charge in [0.25, 0.3) is 0 Å². The van der Waals surface area contributed by atoms with Gasteiger partial charge in [0.2, 0.25) is 0 Å². The molecule has 0 bridgehead atoms. The van der Waals surface area contributed by atoms with E-state index in [2.05, 4.69) is 12.1 Å². The standard InChI is InChI=1S/C47H29N7/c48-30-40-38-24-14-13-23-37(38)29-39(47-53-44(34-19-9-3-10-20-34)52-45(54-47)35-21-11-4-12-22-35)41(40)31-25-27-36(28-26-31)46-50-42(32-15-5-1-6-16-32)49-43(51-46)33-17-7-2-8-18-33/h1-29H. The molecule has 0 aliphatic carbocycles. The van der Waals surface area contributed by atoms with E-state index in [4.69, 9.17) is 29.9 Å². The summed E-state index contributed by atoms with van der Waals surface area (Å²) in [5.41, 5.74) is 7.18. The Morgan fingerprint density at radius 3 is 1.07 bits per heavy atom. The number of aromatic nitrogens is 6. The van der Waals surface area contributed by atoms with Gasteiger partial charge in [-0.05, 0) is 17.0 Å². The fourth-order valence-electron chi connectivity index (χ4n) is 6.59. The first-order chi connectivity index (χ1) is 26.7. The van der Waals surface area contributed by atoms with Gasteiger partial charge in [-0.1, -0.05) is 170 Å². The molecule has 0 amide bonds. The lowest BCUT2D eigenvalue weighted by Gasteiger charge is -2.16. The molecule has 7 nitrogen and oxygen atoms in total. The summed E-state index contributed by atoms with van der Waals surface area (Å²) >= 11 is 0. The molecule has 0 spiro atoms. The highest BCUT2D eigenvalue weighted by molar-refractivity contribution is 6.01. The number of fused-ring (bicyclic) bond motifs is 1. The summed E-state index contributed by atoms with van der Waals surface area (Å²) in [4.78, 5) is 29.7. The van der Waals surface area contributed by atoms with Gasteiger partial charge in [0.05, 0.1) is 5.56 Å². The Morgan fingerprint density at radius 2 is 0.667 bits per heavy atom. The number of hydrogen-bond donors (Lipinski definition) is 0. The zero-order chi connectivity index (χ0) is 36.3. The molecule has 54 heavy (non-hydrogen) atoms. The van der Waals surface area contributed by atoms with Crippen LogP contribution in [0.2, 0.25) is 0 Å². The number of nitrogens with zero attached hydrogens (tertiary/aromatic N) is 7. The smallest absolute Gasteiger partial charge is 0.164 e. The molecule has 0 aliphatic heterocycles. The Kier molecular flexibility index (Phi) is 8.44. The normalized spacial score (nSPS) is 10.9. The van der Waals surface area contributed by atoms with E-state index in [0.717, 1.165) is 55.3 Å². The third kappa shape index (κ3) is 6.25. The van der Waals surface area contributed by atoms with Gasteiger partial charge in [0.1, 0.15) is 6.07 Å². The summed E-state index contributed by atoms with van der Waals surface area (Å²) in [6.45, 7) is 0. The third-order valence-corrected chi connectivity index (χ3v) is 9.23. The maximum absolute atomic E-state index is 10.8. The minimum Gasteiger partial charge on any atom is -0.208 e. The largest absolute Gasteiger partial charge is 0.208 e. The molecule has 0 fully saturated rings. The molecule has 252 valence electrons. The van der Waals surface area contributed by atoms with Crippen molar-refractivity contribution in [1.29, 1.82) is 5.26 Å². The van der Waals surface area contributed by atoms with Crippen LogP contribution in [0.5, 0.6) is 0 Å². The average Bonchev–Trinajstić information content (AvgIpc) is 3.26. The Hall–Kier alpha value is -7.69. The summed E-state index contributed by atoms with van der Waals surface area (Å²) < 4.78 is 0. The van der Waals surface area contributed by atoms with E-state index in [1.807, 2.05) is 170 Å². The van der Waals surface area contributed by atoms with Gasteiger partial charge in [0, 0.05) is 44.3 Å². The topological polar surface area (TPSA) is 101 Å².